The van der Waals surface area contributed by atoms with Gasteiger partial charge in [0.2, 0.25) is 5.91 Å². The molecule has 2 amide bonds. The third kappa shape index (κ3) is 5.11. The molecule has 2 aliphatic heterocycles. The first-order valence-corrected chi connectivity index (χ1v) is 9.32. The van der Waals surface area contributed by atoms with E-state index in [1.54, 1.807) is 7.11 Å². The van der Waals surface area contributed by atoms with Gasteiger partial charge >= 0.3 is 6.09 Å². The average Bonchev–Trinajstić information content (AvgIpc) is 3.07. The number of carbonyl (C=O) groups excluding carboxylic acids is 2. The molecule has 3 rings (SSSR count). The van der Waals surface area contributed by atoms with Crippen LogP contribution in [0, 0.1) is 0 Å². The maximum atomic E-state index is 12.5. The van der Waals surface area contributed by atoms with E-state index in [1.807, 2.05) is 24.3 Å². The lowest BCUT2D eigenvalue weighted by atomic mass is 10.1. The number of hydrogen-bond donors (Lipinski definition) is 1. The van der Waals surface area contributed by atoms with Gasteiger partial charge in [0.05, 0.1) is 26.9 Å². The van der Waals surface area contributed by atoms with E-state index in [4.69, 9.17) is 14.2 Å². The van der Waals surface area contributed by atoms with Crippen LogP contribution in [0.1, 0.15) is 12.0 Å². The Bertz CT molecular complexity index is 648. The van der Waals surface area contributed by atoms with E-state index in [9.17, 15) is 9.59 Å². The van der Waals surface area contributed by atoms with Crippen molar-refractivity contribution >= 4 is 12.0 Å². The highest BCUT2D eigenvalue weighted by molar-refractivity contribution is 5.87. The predicted octanol–water partition coefficient (Wildman–Crippen LogP) is 0.855. The van der Waals surface area contributed by atoms with Crippen molar-refractivity contribution in [2.45, 2.75) is 19.0 Å². The molecule has 1 aromatic carbocycles. The molecule has 1 N–H and O–H groups in total. The number of para-hydroxylation sites is 1. The third-order valence-electron chi connectivity index (χ3n) is 4.87. The van der Waals surface area contributed by atoms with Gasteiger partial charge in [-0.25, -0.2) is 4.79 Å². The molecule has 0 bridgehead atoms. The maximum Gasteiger partial charge on any atom is 0.410 e. The SMILES string of the molecule is COc1ccccc1CN1C(=O)OC[C@H]1C(=O)NCCCN1CCOCC1. The van der Waals surface area contributed by atoms with Crippen LogP contribution in [0.4, 0.5) is 4.79 Å². The fraction of sp³-hybridized carbons (Fsp3) is 0.579. The molecule has 2 aliphatic rings. The number of ether oxygens (including phenoxy) is 3. The Balaban J connectivity index is 1.49. The van der Waals surface area contributed by atoms with Crippen LogP contribution < -0.4 is 10.1 Å². The number of cyclic esters (lactones) is 1. The minimum atomic E-state index is -0.620. The Hall–Kier alpha value is -2.32. The average molecular weight is 377 g/mol. The molecule has 0 unspecified atom stereocenters. The smallest absolute Gasteiger partial charge is 0.410 e. The zero-order valence-electron chi connectivity index (χ0n) is 15.7. The van der Waals surface area contributed by atoms with Crippen molar-refractivity contribution in [1.29, 1.82) is 0 Å². The second kappa shape index (κ2) is 9.57. The summed E-state index contributed by atoms with van der Waals surface area (Å²) < 4.78 is 15.8. The van der Waals surface area contributed by atoms with Crippen LogP contribution in [0.25, 0.3) is 0 Å². The number of nitrogens with zero attached hydrogens (tertiary/aromatic N) is 2. The van der Waals surface area contributed by atoms with Gasteiger partial charge in [0.1, 0.15) is 18.4 Å². The highest BCUT2D eigenvalue weighted by Crippen LogP contribution is 2.23. The summed E-state index contributed by atoms with van der Waals surface area (Å²) in [6, 6.07) is 6.83. The summed E-state index contributed by atoms with van der Waals surface area (Å²) in [7, 11) is 1.58. The van der Waals surface area contributed by atoms with E-state index in [2.05, 4.69) is 10.2 Å². The minimum Gasteiger partial charge on any atom is -0.496 e. The molecule has 1 atom stereocenters. The zero-order chi connectivity index (χ0) is 19.1. The fourth-order valence-corrected chi connectivity index (χ4v) is 3.32. The van der Waals surface area contributed by atoms with Crippen molar-refractivity contribution in [3.8, 4) is 5.75 Å². The molecule has 0 spiro atoms. The van der Waals surface area contributed by atoms with Crippen molar-refractivity contribution in [1.82, 2.24) is 15.1 Å². The van der Waals surface area contributed by atoms with Gasteiger partial charge in [0, 0.05) is 25.2 Å². The number of amides is 2. The monoisotopic (exact) mass is 377 g/mol. The van der Waals surface area contributed by atoms with Gasteiger partial charge in [-0.05, 0) is 19.0 Å². The summed E-state index contributed by atoms with van der Waals surface area (Å²) in [4.78, 5) is 28.4. The second-order valence-electron chi connectivity index (χ2n) is 6.63. The fourth-order valence-electron chi connectivity index (χ4n) is 3.32. The van der Waals surface area contributed by atoms with E-state index in [-0.39, 0.29) is 19.1 Å². The maximum absolute atomic E-state index is 12.5. The van der Waals surface area contributed by atoms with Crippen LogP contribution in [-0.4, -0.2) is 81.0 Å². The molecule has 0 radical (unpaired) electrons. The molecule has 8 heteroatoms. The lowest BCUT2D eigenvalue weighted by molar-refractivity contribution is -0.125. The molecule has 8 nitrogen and oxygen atoms in total. The highest BCUT2D eigenvalue weighted by Gasteiger charge is 2.38. The zero-order valence-corrected chi connectivity index (χ0v) is 15.7. The van der Waals surface area contributed by atoms with E-state index in [0.29, 0.717) is 12.3 Å². The lowest BCUT2D eigenvalue weighted by Gasteiger charge is -2.26. The first kappa shape index (κ1) is 19.4. The molecule has 2 saturated heterocycles. The van der Waals surface area contributed by atoms with E-state index >= 15 is 0 Å². The third-order valence-corrected chi connectivity index (χ3v) is 4.87. The highest BCUT2D eigenvalue weighted by atomic mass is 16.6. The molecule has 27 heavy (non-hydrogen) atoms. The second-order valence-corrected chi connectivity index (χ2v) is 6.63. The van der Waals surface area contributed by atoms with E-state index < -0.39 is 12.1 Å². The summed E-state index contributed by atoms with van der Waals surface area (Å²) in [6.07, 6.45) is 0.383. The summed E-state index contributed by atoms with van der Waals surface area (Å²) in [5.41, 5.74) is 0.837. The van der Waals surface area contributed by atoms with Crippen LogP contribution in [-0.2, 0) is 20.8 Å². The number of hydrogen-bond acceptors (Lipinski definition) is 6. The molecular weight excluding hydrogens is 350 g/mol. The van der Waals surface area contributed by atoms with Crippen molar-refractivity contribution in [2.24, 2.45) is 0 Å². The topological polar surface area (TPSA) is 80.3 Å². The minimum absolute atomic E-state index is 0.0727. The number of rotatable bonds is 8. The molecule has 0 aliphatic carbocycles. The van der Waals surface area contributed by atoms with Gasteiger partial charge < -0.3 is 19.5 Å². The molecule has 2 fully saturated rings. The predicted molar refractivity (Wildman–Crippen MR) is 98.6 cm³/mol. The van der Waals surface area contributed by atoms with Crippen molar-refractivity contribution in [3.63, 3.8) is 0 Å². The first-order valence-electron chi connectivity index (χ1n) is 9.32. The number of morpholine rings is 1. The molecule has 148 valence electrons. The van der Waals surface area contributed by atoms with Crippen molar-refractivity contribution < 1.29 is 23.8 Å². The standard InChI is InChI=1S/C19H27N3O5/c1-25-17-6-3-2-5-15(17)13-22-16(14-27-19(22)24)18(23)20-7-4-8-21-9-11-26-12-10-21/h2-3,5-6,16H,4,7-14H2,1H3,(H,20,23)/t16-/m0/s1. The molecule has 2 heterocycles. The van der Waals surface area contributed by atoms with E-state index in [1.165, 1.54) is 4.90 Å². The Morgan fingerprint density at radius 2 is 2.07 bits per heavy atom. The van der Waals surface area contributed by atoms with Crippen LogP contribution in [0.3, 0.4) is 0 Å². The van der Waals surface area contributed by atoms with Crippen LogP contribution in [0.15, 0.2) is 24.3 Å². The summed E-state index contributed by atoms with van der Waals surface area (Å²) in [6.45, 7) is 5.25. The number of carbonyl (C=O) groups is 2. The lowest BCUT2D eigenvalue weighted by Crippen LogP contribution is -2.46. The Kier molecular flexibility index (Phi) is 6.89. The summed E-state index contributed by atoms with van der Waals surface area (Å²) in [5.74, 6) is 0.500. The largest absolute Gasteiger partial charge is 0.496 e. The molecule has 0 aromatic heterocycles. The Morgan fingerprint density at radius 3 is 2.85 bits per heavy atom. The number of methoxy groups -OCH3 is 1. The van der Waals surface area contributed by atoms with Crippen LogP contribution >= 0.6 is 0 Å². The first-order chi connectivity index (χ1) is 13.2. The Labute approximate surface area is 159 Å². The van der Waals surface area contributed by atoms with Gasteiger partial charge in [0.25, 0.3) is 0 Å². The normalized spacial score (nSPS) is 20.4. The van der Waals surface area contributed by atoms with Gasteiger partial charge in [-0.1, -0.05) is 18.2 Å². The van der Waals surface area contributed by atoms with E-state index in [0.717, 1.165) is 44.8 Å². The van der Waals surface area contributed by atoms with Gasteiger partial charge in [-0.3, -0.25) is 14.6 Å². The summed E-state index contributed by atoms with van der Waals surface area (Å²) in [5, 5.41) is 2.93. The quantitative estimate of drug-likeness (QED) is 0.677. The molecule has 0 saturated carbocycles. The van der Waals surface area contributed by atoms with Gasteiger partial charge in [-0.15, -0.1) is 0 Å². The van der Waals surface area contributed by atoms with Crippen LogP contribution in [0.2, 0.25) is 0 Å². The van der Waals surface area contributed by atoms with Crippen LogP contribution in [0.5, 0.6) is 5.75 Å². The van der Waals surface area contributed by atoms with Gasteiger partial charge in [-0.2, -0.15) is 0 Å². The van der Waals surface area contributed by atoms with Gasteiger partial charge in [0.15, 0.2) is 0 Å². The summed E-state index contributed by atoms with van der Waals surface area (Å²) >= 11 is 0. The number of nitrogens with one attached hydrogen (secondary N) is 1. The molecule has 1 aromatic rings. The molecular formula is C19H27N3O5. The van der Waals surface area contributed by atoms with Crippen molar-refractivity contribution in [2.75, 3.05) is 53.1 Å². The van der Waals surface area contributed by atoms with Crippen molar-refractivity contribution in [3.05, 3.63) is 29.8 Å². The number of benzene rings is 1. The Morgan fingerprint density at radius 1 is 1.30 bits per heavy atom.